The van der Waals surface area contributed by atoms with Crippen LogP contribution in [0, 0.1) is 0 Å². The summed E-state index contributed by atoms with van der Waals surface area (Å²) >= 11 is 0. The third-order valence-electron chi connectivity index (χ3n) is 1.24. The van der Waals surface area contributed by atoms with Crippen molar-refractivity contribution in [1.82, 2.24) is 4.98 Å². The molecule has 0 bridgehead atoms. The molecule has 0 amide bonds. The normalized spacial score (nSPS) is 10.3. The summed E-state index contributed by atoms with van der Waals surface area (Å²) in [6.45, 7) is -2.50. The largest absolute Gasteiger partial charge is 0.417 e. The van der Waals surface area contributed by atoms with Gasteiger partial charge in [-0.3, -0.25) is 0 Å². The van der Waals surface area contributed by atoms with E-state index in [4.69, 9.17) is 5.73 Å². The molecule has 0 unspecified atom stereocenters. The molecule has 1 aromatic rings. The Morgan fingerprint density at radius 1 is 1.50 bits per heavy atom. The van der Waals surface area contributed by atoms with Gasteiger partial charge in [0.15, 0.2) is 0 Å². The average Bonchev–Trinajstić information content (AvgIpc) is 2.05. The molecule has 5 heteroatoms. The number of rotatable bonds is 3. The Hall–Kier alpha value is -1.23. The van der Waals surface area contributed by atoms with Gasteiger partial charge in [-0.05, 0) is 5.56 Å². The summed E-state index contributed by atoms with van der Waals surface area (Å²) in [6.07, 6.45) is 1.40. The highest BCUT2D eigenvalue weighted by Gasteiger charge is 2.03. The predicted octanol–water partition coefficient (Wildman–Crippen LogP) is 1.14. The first-order valence-corrected chi connectivity index (χ1v) is 3.32. The second-order valence-corrected chi connectivity index (χ2v) is 2.09. The Bertz CT molecular complexity index is 238. The molecule has 1 rings (SSSR count). The van der Waals surface area contributed by atoms with Gasteiger partial charge in [0, 0.05) is 18.8 Å². The number of aromatic nitrogens is 1. The van der Waals surface area contributed by atoms with Crippen molar-refractivity contribution in [2.24, 2.45) is 5.73 Å². The van der Waals surface area contributed by atoms with Crippen LogP contribution in [0.3, 0.4) is 0 Å². The van der Waals surface area contributed by atoms with Gasteiger partial charge in [-0.1, -0.05) is 6.07 Å². The van der Waals surface area contributed by atoms with Gasteiger partial charge in [-0.25, -0.2) is 4.98 Å². The molecule has 66 valence electrons. The molecule has 3 nitrogen and oxygen atoms in total. The molecule has 12 heavy (non-hydrogen) atoms. The number of nitrogens with zero attached hydrogens (tertiary/aromatic N) is 1. The number of halogens is 2. The third-order valence-corrected chi connectivity index (χ3v) is 1.24. The molecule has 0 atom stereocenters. The first-order valence-electron chi connectivity index (χ1n) is 3.32. The lowest BCUT2D eigenvalue weighted by Gasteiger charge is -2.02. The quantitative estimate of drug-likeness (QED) is 0.747. The number of pyridine rings is 1. The molecule has 1 aromatic heterocycles. The van der Waals surface area contributed by atoms with Crippen molar-refractivity contribution in [1.29, 1.82) is 0 Å². The highest BCUT2D eigenvalue weighted by Crippen LogP contribution is 2.09. The van der Waals surface area contributed by atoms with Gasteiger partial charge >= 0.3 is 6.61 Å². The number of alkyl halides is 2. The van der Waals surface area contributed by atoms with E-state index in [9.17, 15) is 8.78 Å². The van der Waals surface area contributed by atoms with Crippen LogP contribution in [-0.4, -0.2) is 11.6 Å². The van der Waals surface area contributed by atoms with E-state index in [1.54, 1.807) is 6.07 Å². The van der Waals surface area contributed by atoms with Crippen molar-refractivity contribution in [2.75, 3.05) is 0 Å². The van der Waals surface area contributed by atoms with E-state index in [0.29, 0.717) is 6.54 Å². The molecule has 0 fully saturated rings. The molecule has 0 aliphatic rings. The van der Waals surface area contributed by atoms with E-state index >= 15 is 0 Å². The van der Waals surface area contributed by atoms with Crippen molar-refractivity contribution in [3.63, 3.8) is 0 Å². The zero-order valence-electron chi connectivity index (χ0n) is 6.21. The zero-order valence-corrected chi connectivity index (χ0v) is 6.21. The summed E-state index contributed by atoms with van der Waals surface area (Å²) in [6, 6.07) is 2.94. The third kappa shape index (κ3) is 2.43. The molecule has 0 aromatic carbocycles. The lowest BCUT2D eigenvalue weighted by Crippen LogP contribution is -2.04. The maximum absolute atomic E-state index is 11.6. The van der Waals surface area contributed by atoms with E-state index < -0.39 is 6.61 Å². The SMILES string of the molecule is NCc1ccc(OC(F)F)nc1. The zero-order chi connectivity index (χ0) is 8.97. The molecule has 0 spiro atoms. The van der Waals surface area contributed by atoms with Crippen LogP contribution in [-0.2, 0) is 6.54 Å². The van der Waals surface area contributed by atoms with Crippen molar-refractivity contribution < 1.29 is 13.5 Å². The first kappa shape index (κ1) is 8.86. The van der Waals surface area contributed by atoms with E-state index in [1.165, 1.54) is 12.3 Å². The lowest BCUT2D eigenvalue weighted by molar-refractivity contribution is -0.0528. The van der Waals surface area contributed by atoms with Crippen molar-refractivity contribution in [3.8, 4) is 5.88 Å². The van der Waals surface area contributed by atoms with Gasteiger partial charge in [-0.15, -0.1) is 0 Å². The Balaban J connectivity index is 2.65. The highest BCUT2D eigenvalue weighted by atomic mass is 19.3. The minimum Gasteiger partial charge on any atom is -0.417 e. The Labute approximate surface area is 68.2 Å². The molecule has 0 saturated heterocycles. The second kappa shape index (κ2) is 3.96. The van der Waals surface area contributed by atoms with Gasteiger partial charge < -0.3 is 10.5 Å². The van der Waals surface area contributed by atoms with Crippen LogP contribution in [0.4, 0.5) is 8.78 Å². The average molecular weight is 174 g/mol. The van der Waals surface area contributed by atoms with Gasteiger partial charge in [-0.2, -0.15) is 8.78 Å². The monoisotopic (exact) mass is 174 g/mol. The van der Waals surface area contributed by atoms with Crippen LogP contribution >= 0.6 is 0 Å². The van der Waals surface area contributed by atoms with Crippen LogP contribution in [0.15, 0.2) is 18.3 Å². The molecular formula is C7H8F2N2O. The van der Waals surface area contributed by atoms with E-state index in [-0.39, 0.29) is 5.88 Å². The molecular weight excluding hydrogens is 166 g/mol. The minimum atomic E-state index is -2.83. The lowest BCUT2D eigenvalue weighted by atomic mass is 10.3. The second-order valence-electron chi connectivity index (χ2n) is 2.09. The molecule has 0 radical (unpaired) electrons. The van der Waals surface area contributed by atoms with E-state index in [1.807, 2.05) is 0 Å². The Morgan fingerprint density at radius 2 is 2.25 bits per heavy atom. The molecule has 0 saturated carbocycles. The fraction of sp³-hybridized carbons (Fsp3) is 0.286. The number of ether oxygens (including phenoxy) is 1. The van der Waals surface area contributed by atoms with E-state index in [0.717, 1.165) is 5.56 Å². The van der Waals surface area contributed by atoms with Crippen LogP contribution in [0.5, 0.6) is 5.88 Å². The molecule has 0 aliphatic heterocycles. The predicted molar refractivity (Wildman–Crippen MR) is 38.8 cm³/mol. The smallest absolute Gasteiger partial charge is 0.388 e. The van der Waals surface area contributed by atoms with Gasteiger partial charge in [0.2, 0.25) is 5.88 Å². The fourth-order valence-electron chi connectivity index (χ4n) is 0.693. The van der Waals surface area contributed by atoms with Crippen LogP contribution < -0.4 is 10.5 Å². The molecule has 0 aliphatic carbocycles. The van der Waals surface area contributed by atoms with Crippen LogP contribution in [0.1, 0.15) is 5.56 Å². The van der Waals surface area contributed by atoms with Crippen molar-refractivity contribution >= 4 is 0 Å². The van der Waals surface area contributed by atoms with E-state index in [2.05, 4.69) is 9.72 Å². The van der Waals surface area contributed by atoms with Gasteiger partial charge in [0.1, 0.15) is 0 Å². The number of hydrogen-bond donors (Lipinski definition) is 1. The summed E-state index contributed by atoms with van der Waals surface area (Å²) in [4.78, 5) is 3.61. The maximum Gasteiger partial charge on any atom is 0.388 e. The van der Waals surface area contributed by atoms with Gasteiger partial charge in [0.05, 0.1) is 0 Å². The summed E-state index contributed by atoms with van der Waals surface area (Å²) in [7, 11) is 0. The van der Waals surface area contributed by atoms with Crippen LogP contribution in [0.25, 0.3) is 0 Å². The summed E-state index contributed by atoms with van der Waals surface area (Å²) in [5, 5.41) is 0. The van der Waals surface area contributed by atoms with Gasteiger partial charge in [0.25, 0.3) is 0 Å². The first-order chi connectivity index (χ1) is 5.72. The summed E-state index contributed by atoms with van der Waals surface area (Å²) in [5.74, 6) is -0.0952. The number of hydrogen-bond acceptors (Lipinski definition) is 3. The maximum atomic E-state index is 11.6. The van der Waals surface area contributed by atoms with Crippen LogP contribution in [0.2, 0.25) is 0 Å². The highest BCUT2D eigenvalue weighted by molar-refractivity contribution is 5.17. The topological polar surface area (TPSA) is 48.1 Å². The Morgan fingerprint density at radius 3 is 2.67 bits per heavy atom. The molecule has 2 N–H and O–H groups in total. The number of nitrogens with two attached hydrogens (primary N) is 1. The van der Waals surface area contributed by atoms with Crippen molar-refractivity contribution in [2.45, 2.75) is 13.2 Å². The van der Waals surface area contributed by atoms with Crippen molar-refractivity contribution in [3.05, 3.63) is 23.9 Å². The molecule has 1 heterocycles. The minimum absolute atomic E-state index is 0.0952. The summed E-state index contributed by atoms with van der Waals surface area (Å²) < 4.78 is 27.3. The standard InChI is InChI=1S/C7H8F2N2O/c8-7(9)12-6-2-1-5(3-10)4-11-6/h1-2,4,7H,3,10H2. The Kier molecular flexibility index (Phi) is 2.93. The summed E-state index contributed by atoms with van der Waals surface area (Å²) in [5.41, 5.74) is 6.05. The fourth-order valence-corrected chi connectivity index (χ4v) is 0.693.